The molecule has 0 saturated heterocycles. The normalized spacial score (nSPS) is 12.7. The number of fused-ring (bicyclic) bond motifs is 4. The van der Waals surface area contributed by atoms with Crippen molar-refractivity contribution in [3.05, 3.63) is 84.3 Å². The molecule has 0 spiro atoms. The summed E-state index contributed by atoms with van der Waals surface area (Å²) < 4.78 is 18.7. The Morgan fingerprint density at radius 3 is 2.34 bits per heavy atom. The molecule has 235 valence electrons. The molecular formula is C38H45IrN2O2S-. The average molecular weight is 788 g/mol. The molecule has 0 fully saturated rings. The van der Waals surface area contributed by atoms with Crippen LogP contribution in [0.15, 0.2) is 72.7 Å². The van der Waals surface area contributed by atoms with Crippen molar-refractivity contribution in [1.29, 1.82) is 0 Å². The van der Waals surface area contributed by atoms with E-state index in [4.69, 9.17) is 2.74 Å². The third kappa shape index (κ3) is 8.62. The molecule has 0 aliphatic rings. The number of thiophene rings is 1. The van der Waals surface area contributed by atoms with Gasteiger partial charge in [0.1, 0.15) is 7.67 Å². The van der Waals surface area contributed by atoms with Gasteiger partial charge in [-0.05, 0) is 49.1 Å². The summed E-state index contributed by atoms with van der Waals surface area (Å²) in [5, 5.41) is 12.6. The number of hydrogen-bond donors (Lipinski definition) is 1. The van der Waals surface area contributed by atoms with Crippen LogP contribution in [0.25, 0.3) is 42.3 Å². The summed E-state index contributed by atoms with van der Waals surface area (Å²) in [7, 11) is 0. The van der Waals surface area contributed by atoms with Gasteiger partial charge in [0.25, 0.3) is 0 Å². The smallest absolute Gasteiger partial charge is 0.162 e. The molecule has 4 nitrogen and oxygen atoms in total. The molecule has 0 atom stereocenters. The van der Waals surface area contributed by atoms with Gasteiger partial charge in [0.2, 0.25) is 0 Å². The quantitative estimate of drug-likeness (QED) is 0.0918. The fourth-order valence-corrected chi connectivity index (χ4v) is 6.65. The number of aromatic nitrogens is 2. The van der Waals surface area contributed by atoms with Gasteiger partial charge in [-0.25, -0.2) is 4.98 Å². The van der Waals surface area contributed by atoms with Gasteiger partial charge in [-0.1, -0.05) is 89.7 Å². The number of hydrogen-bond acceptors (Lipinski definition) is 5. The van der Waals surface area contributed by atoms with Crippen molar-refractivity contribution in [3.8, 4) is 11.3 Å². The molecule has 1 N–H and O–H groups in total. The molecule has 3 aromatic carbocycles. The van der Waals surface area contributed by atoms with Gasteiger partial charge in [0.05, 0.1) is 11.3 Å². The van der Waals surface area contributed by atoms with Crippen LogP contribution in [0.5, 0.6) is 0 Å². The van der Waals surface area contributed by atoms with E-state index in [1.165, 1.54) is 11.6 Å². The van der Waals surface area contributed by atoms with Crippen LogP contribution in [0.4, 0.5) is 0 Å². The van der Waals surface area contributed by atoms with Crippen molar-refractivity contribution in [1.82, 2.24) is 9.97 Å². The van der Waals surface area contributed by atoms with Gasteiger partial charge in [-0.2, -0.15) is 0 Å². The van der Waals surface area contributed by atoms with Gasteiger partial charge < -0.3 is 5.11 Å². The Labute approximate surface area is 283 Å². The molecule has 0 aliphatic heterocycles. The summed E-state index contributed by atoms with van der Waals surface area (Å²) in [6.07, 6.45) is 5.90. The second-order valence-corrected chi connectivity index (χ2v) is 13.4. The summed E-state index contributed by atoms with van der Waals surface area (Å²) in [6, 6.07) is 19.9. The zero-order chi connectivity index (χ0) is 32.9. The maximum Gasteiger partial charge on any atom is 0.162 e. The van der Waals surface area contributed by atoms with Crippen LogP contribution in [-0.4, -0.2) is 20.9 Å². The van der Waals surface area contributed by atoms with Gasteiger partial charge in [-0.3, -0.25) is 9.78 Å². The Hall–Kier alpha value is -2.92. The third-order valence-electron chi connectivity index (χ3n) is 7.91. The van der Waals surface area contributed by atoms with E-state index >= 15 is 0 Å². The number of benzene rings is 3. The molecule has 1 radical (unpaired) electrons. The first-order valence-electron chi connectivity index (χ1n) is 16.4. The van der Waals surface area contributed by atoms with Crippen molar-refractivity contribution >= 4 is 48.2 Å². The Bertz CT molecular complexity index is 1840. The van der Waals surface area contributed by atoms with E-state index in [1.807, 2.05) is 52.0 Å². The number of allylic oxidation sites excluding steroid dienone is 2. The molecule has 0 aliphatic carbocycles. The van der Waals surface area contributed by atoms with Crippen molar-refractivity contribution in [2.45, 2.75) is 80.6 Å². The molecule has 5 aromatic rings. The van der Waals surface area contributed by atoms with E-state index in [0.29, 0.717) is 11.7 Å². The monoisotopic (exact) mass is 788 g/mol. The van der Waals surface area contributed by atoms with Gasteiger partial charge in [0, 0.05) is 59.9 Å². The van der Waals surface area contributed by atoms with Crippen molar-refractivity contribution in [3.63, 3.8) is 0 Å². The summed E-state index contributed by atoms with van der Waals surface area (Å²) in [4.78, 5) is 20.6. The molecule has 0 amide bonds. The number of carbonyl (C=O) groups excluding carboxylic acids is 1. The Kier molecular flexibility index (Phi) is 11.7. The van der Waals surface area contributed by atoms with E-state index in [0.717, 1.165) is 68.7 Å². The molecule has 5 rings (SSSR count). The standard InChI is InChI=1S/C25H21N2S.C13H24O2.Ir/c1-25(2,3)14-16-8-11-20-21(12-16)28-24-22(26-15-27-23(20)24)19-10-9-17-6-4-5-7-18(17)13-19;1-5-10(6-2)12(14)9-13(15)11(7-3)8-4;/h4-12,15H,14H2,1-3H3;9-11,14H,5-8H2,1-4H3;/q-1;;/b;12-9-;/i9D,15D;;. The van der Waals surface area contributed by atoms with Gasteiger partial charge in [0.15, 0.2) is 5.78 Å². The Balaban J connectivity index is 0.000000309. The van der Waals surface area contributed by atoms with Crippen molar-refractivity contribution < 1.29 is 32.7 Å². The fraction of sp³-hybridized carbons (Fsp3) is 0.395. The molecule has 6 heteroatoms. The topological polar surface area (TPSA) is 63.1 Å². The van der Waals surface area contributed by atoms with Gasteiger partial charge >= 0.3 is 0 Å². The Morgan fingerprint density at radius 2 is 1.68 bits per heavy atom. The first kappa shape index (κ1) is 32.5. The number of rotatable bonds is 9. The molecule has 0 unspecified atom stereocenters. The second-order valence-electron chi connectivity index (χ2n) is 12.4. The molecular weight excluding hydrogens is 741 g/mol. The number of ketones is 1. The van der Waals surface area contributed by atoms with Crippen LogP contribution in [0, 0.1) is 23.3 Å². The zero-order valence-electron chi connectivity index (χ0n) is 28.9. The number of aliphatic hydroxyl groups excluding tert-OH is 1. The van der Waals surface area contributed by atoms with Gasteiger partial charge in [-0.15, -0.1) is 41.0 Å². The molecule has 44 heavy (non-hydrogen) atoms. The minimum atomic E-state index is -0.0101. The summed E-state index contributed by atoms with van der Waals surface area (Å²) >= 11 is 1.65. The Morgan fingerprint density at radius 1 is 1.00 bits per heavy atom. The molecule has 0 bridgehead atoms. The molecule has 2 heterocycles. The average Bonchev–Trinajstić information content (AvgIpc) is 3.35. The van der Waals surface area contributed by atoms with Crippen molar-refractivity contribution in [2.24, 2.45) is 17.3 Å². The maximum absolute atomic E-state index is 11.7. The van der Waals surface area contributed by atoms with E-state index < -0.39 is 0 Å². The maximum atomic E-state index is 11.7. The van der Waals surface area contributed by atoms with E-state index in [1.54, 1.807) is 17.4 Å². The predicted molar refractivity (Wildman–Crippen MR) is 184 cm³/mol. The minimum absolute atomic E-state index is 0. The summed E-state index contributed by atoms with van der Waals surface area (Å²) in [6.45, 7) is 14.8. The van der Waals surface area contributed by atoms with Crippen LogP contribution in [0.2, 0.25) is 0 Å². The summed E-state index contributed by atoms with van der Waals surface area (Å²) in [5.41, 5.74) is 3.74. The number of carbonyl (C=O) groups is 1. The fourth-order valence-electron chi connectivity index (χ4n) is 5.44. The van der Waals surface area contributed by atoms with E-state index in [-0.39, 0.29) is 55.2 Å². The van der Waals surface area contributed by atoms with E-state index in [2.05, 4.69) is 55.0 Å². The molecule has 0 saturated carbocycles. The van der Waals surface area contributed by atoms with Crippen LogP contribution in [0.1, 0.15) is 82.5 Å². The first-order chi connectivity index (χ1) is 21.4. The summed E-state index contributed by atoms with van der Waals surface area (Å²) in [5.74, 6) is 0.547. The second kappa shape index (κ2) is 15.9. The number of aliphatic hydroxyl groups is 1. The first-order valence-corrected chi connectivity index (χ1v) is 16.3. The largest absolute Gasteiger partial charge is 0.512 e. The SMILES string of the molecule is CCC(CC)C(=O)/C=C(\O)C(CC)CC.[2H]c1nc(-c2[c-]c3ccccc3c([2H])c2)c2sc3cc(CC(C)(C)C)ccc3c2n1.[Ir]. The van der Waals surface area contributed by atoms with Crippen LogP contribution < -0.4 is 0 Å². The minimum Gasteiger partial charge on any atom is -0.512 e. The zero-order valence-corrected chi connectivity index (χ0v) is 30.1. The van der Waals surface area contributed by atoms with Crippen LogP contribution >= 0.6 is 11.3 Å². The number of nitrogens with zero attached hydrogens (tertiary/aromatic N) is 2. The van der Waals surface area contributed by atoms with Crippen LogP contribution in [-0.2, 0) is 31.3 Å². The van der Waals surface area contributed by atoms with E-state index in [9.17, 15) is 9.90 Å². The predicted octanol–water partition coefficient (Wildman–Crippen LogP) is 10.9. The van der Waals surface area contributed by atoms with Crippen LogP contribution in [0.3, 0.4) is 0 Å². The third-order valence-corrected chi connectivity index (χ3v) is 9.06. The van der Waals surface area contributed by atoms with Crippen molar-refractivity contribution in [2.75, 3.05) is 0 Å². The molecule has 2 aromatic heterocycles.